The third-order valence-electron chi connectivity index (χ3n) is 12.0. The second kappa shape index (κ2) is 41.1. The Kier molecular flexibility index (Phi) is 38.6. The number of ether oxygens (including phenoxy) is 2. The first kappa shape index (κ1) is 61.1. The van der Waals surface area contributed by atoms with Gasteiger partial charge in [0.15, 0.2) is 6.10 Å². The second-order valence-corrected chi connectivity index (χ2v) is 19.4. The van der Waals surface area contributed by atoms with E-state index in [1.54, 1.807) is 0 Å². The Morgan fingerprint density at radius 2 is 0.877 bits per heavy atom. The Hall–Kier alpha value is -1.93. The van der Waals surface area contributed by atoms with E-state index in [-0.39, 0.29) is 12.8 Å². The van der Waals surface area contributed by atoms with Crippen LogP contribution >= 0.6 is 7.82 Å². The molecule has 380 valence electrons. The van der Waals surface area contributed by atoms with Crippen molar-refractivity contribution >= 4 is 19.8 Å². The van der Waals surface area contributed by atoms with Crippen molar-refractivity contribution in [2.24, 2.45) is 0 Å². The van der Waals surface area contributed by atoms with Crippen LogP contribution in [0.5, 0.6) is 0 Å². The monoisotopic (exact) mass is 945 g/mol. The number of aliphatic hydroxyl groups is 5. The summed E-state index contributed by atoms with van der Waals surface area (Å²) in [5.41, 5.74) is 0. The summed E-state index contributed by atoms with van der Waals surface area (Å²) in [6.45, 7) is 3.21. The average molecular weight is 945 g/mol. The summed E-state index contributed by atoms with van der Waals surface area (Å²) < 4.78 is 33.6. The summed E-state index contributed by atoms with van der Waals surface area (Å²) in [4.78, 5) is 35.8. The van der Waals surface area contributed by atoms with Crippen molar-refractivity contribution in [1.82, 2.24) is 0 Å². The highest BCUT2D eigenvalue weighted by atomic mass is 31.2. The summed E-state index contributed by atoms with van der Waals surface area (Å²) in [6, 6.07) is 0. The van der Waals surface area contributed by atoms with Crippen molar-refractivity contribution in [3.8, 4) is 0 Å². The molecule has 6 unspecified atom stereocenters. The Morgan fingerprint density at radius 3 is 1.34 bits per heavy atom. The summed E-state index contributed by atoms with van der Waals surface area (Å²) in [5, 5.41) is 50.3. The largest absolute Gasteiger partial charge is 0.472 e. The molecule has 0 bridgehead atoms. The highest BCUT2D eigenvalue weighted by Gasteiger charge is 2.51. The highest BCUT2D eigenvalue weighted by Crippen LogP contribution is 2.47. The molecule has 1 aliphatic rings. The Bertz CT molecular complexity index is 1280. The van der Waals surface area contributed by atoms with E-state index in [9.17, 15) is 44.6 Å². The van der Waals surface area contributed by atoms with Gasteiger partial charge >= 0.3 is 19.8 Å². The predicted octanol–water partition coefficient (Wildman–Crippen LogP) is 11.0. The van der Waals surface area contributed by atoms with Gasteiger partial charge in [-0.3, -0.25) is 18.6 Å². The van der Waals surface area contributed by atoms with Gasteiger partial charge in [-0.1, -0.05) is 198 Å². The number of unbranched alkanes of at least 4 members (excludes halogenated alkanes) is 25. The fraction of sp³-hybridized carbons (Fsp3) is 0.843. The maximum atomic E-state index is 12.8. The highest BCUT2D eigenvalue weighted by molar-refractivity contribution is 7.47. The molecule has 0 aromatic heterocycles. The fourth-order valence-corrected chi connectivity index (χ4v) is 8.86. The van der Waals surface area contributed by atoms with Crippen LogP contribution in [-0.2, 0) is 32.7 Å². The number of hydrogen-bond donors (Lipinski definition) is 6. The summed E-state index contributed by atoms with van der Waals surface area (Å²) in [5.74, 6) is -1.10. The molecule has 0 heterocycles. The molecule has 0 aromatic rings. The molecule has 0 radical (unpaired) electrons. The minimum Gasteiger partial charge on any atom is -0.462 e. The molecule has 0 saturated heterocycles. The lowest BCUT2D eigenvalue weighted by Gasteiger charge is -2.41. The maximum Gasteiger partial charge on any atom is 0.472 e. The smallest absolute Gasteiger partial charge is 0.462 e. The van der Waals surface area contributed by atoms with Gasteiger partial charge in [0.2, 0.25) is 0 Å². The Balaban J connectivity index is 2.39. The number of allylic oxidation sites excluding steroid dienone is 6. The lowest BCUT2D eigenvalue weighted by atomic mass is 9.85. The van der Waals surface area contributed by atoms with E-state index in [0.29, 0.717) is 12.8 Å². The van der Waals surface area contributed by atoms with E-state index in [2.05, 4.69) is 50.3 Å². The molecule has 6 N–H and O–H groups in total. The van der Waals surface area contributed by atoms with Crippen LogP contribution in [-0.4, -0.2) is 98.3 Å². The number of hydrogen-bond acceptors (Lipinski definition) is 12. The van der Waals surface area contributed by atoms with Gasteiger partial charge in [-0.25, -0.2) is 4.57 Å². The van der Waals surface area contributed by atoms with Crippen molar-refractivity contribution in [2.45, 2.75) is 262 Å². The van der Waals surface area contributed by atoms with Crippen LogP contribution in [0.2, 0.25) is 0 Å². The van der Waals surface area contributed by atoms with Crippen molar-refractivity contribution in [3.63, 3.8) is 0 Å². The van der Waals surface area contributed by atoms with Crippen LogP contribution in [0.25, 0.3) is 0 Å². The van der Waals surface area contributed by atoms with Gasteiger partial charge < -0.3 is 39.9 Å². The first-order chi connectivity index (χ1) is 31.4. The van der Waals surface area contributed by atoms with E-state index in [1.165, 1.54) is 96.3 Å². The number of esters is 2. The minimum absolute atomic E-state index is 0.0871. The van der Waals surface area contributed by atoms with E-state index in [4.69, 9.17) is 18.5 Å². The zero-order chi connectivity index (χ0) is 47.8. The molecular formula is C51H93O13P. The molecule has 0 amide bonds. The van der Waals surface area contributed by atoms with Crippen LogP contribution in [0.1, 0.15) is 219 Å². The number of phosphoric acid groups is 1. The quantitative estimate of drug-likeness (QED) is 0.0146. The zero-order valence-corrected chi connectivity index (χ0v) is 41.4. The van der Waals surface area contributed by atoms with Crippen LogP contribution < -0.4 is 0 Å². The molecule has 1 saturated carbocycles. The van der Waals surface area contributed by atoms with E-state index < -0.39 is 75.7 Å². The topological polar surface area (TPSA) is 210 Å². The molecule has 1 aliphatic carbocycles. The summed E-state index contributed by atoms with van der Waals surface area (Å²) in [6.07, 6.45) is 34.8. The molecular weight excluding hydrogens is 852 g/mol. The number of carbonyl (C=O) groups is 2. The molecule has 13 nitrogen and oxygen atoms in total. The number of aliphatic hydroxyl groups excluding tert-OH is 5. The first-order valence-electron chi connectivity index (χ1n) is 25.8. The average Bonchev–Trinajstić information content (AvgIpc) is 3.29. The first-order valence-corrected chi connectivity index (χ1v) is 27.3. The summed E-state index contributed by atoms with van der Waals surface area (Å²) in [7, 11) is -5.12. The minimum atomic E-state index is -5.12. The number of phosphoric ester groups is 1. The summed E-state index contributed by atoms with van der Waals surface area (Å²) >= 11 is 0. The van der Waals surface area contributed by atoms with Gasteiger partial charge in [0.25, 0.3) is 0 Å². The Labute approximate surface area is 393 Å². The van der Waals surface area contributed by atoms with E-state index in [1.807, 2.05) is 0 Å². The van der Waals surface area contributed by atoms with Crippen molar-refractivity contribution in [2.75, 3.05) is 13.2 Å². The lowest BCUT2D eigenvalue weighted by Crippen LogP contribution is -2.64. The van der Waals surface area contributed by atoms with Crippen molar-refractivity contribution < 1.29 is 63.1 Å². The fourth-order valence-electron chi connectivity index (χ4n) is 7.89. The molecule has 0 spiro atoms. The second-order valence-electron chi connectivity index (χ2n) is 18.0. The van der Waals surface area contributed by atoms with Crippen LogP contribution in [0, 0.1) is 0 Å². The predicted molar refractivity (Wildman–Crippen MR) is 258 cm³/mol. The third-order valence-corrected chi connectivity index (χ3v) is 13.0. The van der Waals surface area contributed by atoms with Crippen molar-refractivity contribution in [3.05, 3.63) is 36.5 Å². The number of carbonyl (C=O) groups excluding carboxylic acids is 2. The number of rotatable bonds is 43. The normalized spacial score (nSPS) is 21.7. The van der Waals surface area contributed by atoms with Crippen LogP contribution in [0.3, 0.4) is 0 Å². The molecule has 1 fully saturated rings. The van der Waals surface area contributed by atoms with E-state index in [0.717, 1.165) is 83.5 Å². The van der Waals surface area contributed by atoms with E-state index >= 15 is 0 Å². The SMILES string of the molecule is CC/C=C\C/C=C\C/C=C\CCCCCCCCCC(=O)OC(COC(=O)CCCCCCCCCCCCCCCCCCCCC)COP(=O)(O)OC1C(O)C(O)C(O)C(O)C1O. The van der Waals surface area contributed by atoms with Gasteiger partial charge in [0.05, 0.1) is 6.61 Å². The Morgan fingerprint density at radius 1 is 0.492 bits per heavy atom. The molecule has 65 heavy (non-hydrogen) atoms. The molecule has 14 heteroatoms. The van der Waals surface area contributed by atoms with Gasteiger partial charge in [-0.2, -0.15) is 0 Å². The molecule has 0 aromatic carbocycles. The van der Waals surface area contributed by atoms with Gasteiger partial charge in [0.1, 0.15) is 43.2 Å². The lowest BCUT2D eigenvalue weighted by molar-refractivity contribution is -0.220. The van der Waals surface area contributed by atoms with Gasteiger partial charge in [-0.05, 0) is 44.9 Å². The maximum absolute atomic E-state index is 12.8. The zero-order valence-electron chi connectivity index (χ0n) is 40.5. The molecule has 1 rings (SSSR count). The molecule has 6 atom stereocenters. The molecule has 0 aliphatic heterocycles. The van der Waals surface area contributed by atoms with Crippen LogP contribution in [0.4, 0.5) is 0 Å². The van der Waals surface area contributed by atoms with Crippen LogP contribution in [0.15, 0.2) is 36.5 Å². The third kappa shape index (κ3) is 33.3. The van der Waals surface area contributed by atoms with Crippen molar-refractivity contribution in [1.29, 1.82) is 0 Å². The van der Waals surface area contributed by atoms with Gasteiger partial charge in [-0.15, -0.1) is 0 Å². The van der Waals surface area contributed by atoms with Gasteiger partial charge in [0, 0.05) is 12.8 Å². The standard InChI is InChI=1S/C51H93O13P/c1-3-5-7-9-11-13-15-17-19-21-22-24-25-27-29-31-33-35-37-39-44(52)61-41-43(42-62-65(59,60)64-51-49(57)47(55)46(54)48(56)50(51)58)63-45(53)40-38-36-34-32-30-28-26-23-20-18-16-14-12-10-8-6-4-2/h6,8,12,14,18,20,43,46-51,54-58H,3-5,7,9-11,13,15-17,19,21-42H2,1-2H3,(H,59,60)/b8-6-,14-12-,20-18-.